The van der Waals surface area contributed by atoms with Gasteiger partial charge in [0.25, 0.3) is 0 Å². The number of methoxy groups -OCH3 is 1. The lowest BCUT2D eigenvalue weighted by atomic mass is 10.1. The molecule has 0 aliphatic heterocycles. The fraction of sp³-hybridized carbons (Fsp3) is 0.158. The summed E-state index contributed by atoms with van der Waals surface area (Å²) in [6, 6.07) is 12.7. The zero-order valence-corrected chi connectivity index (χ0v) is 15.0. The van der Waals surface area contributed by atoms with E-state index in [4.69, 9.17) is 21.1 Å². The number of carboxylic acid groups (broad SMARTS) is 1. The first-order chi connectivity index (χ1) is 12.4. The fourth-order valence-corrected chi connectivity index (χ4v) is 2.47. The number of nitrogens with one attached hydrogen (secondary N) is 1. The molecule has 0 heterocycles. The summed E-state index contributed by atoms with van der Waals surface area (Å²) in [5.74, 6) is -1.04. The van der Waals surface area contributed by atoms with Crippen molar-refractivity contribution < 1.29 is 24.2 Å². The average Bonchev–Trinajstić information content (AvgIpc) is 2.60. The maximum atomic E-state index is 11.2. The highest BCUT2D eigenvalue weighted by Gasteiger charge is 2.14. The zero-order chi connectivity index (χ0) is 19.1. The lowest BCUT2D eigenvalue weighted by Gasteiger charge is -2.14. The molecule has 2 aromatic rings. The van der Waals surface area contributed by atoms with Crippen LogP contribution in [0.25, 0.3) is 6.08 Å². The average molecular weight is 376 g/mol. The Morgan fingerprint density at radius 2 is 1.92 bits per heavy atom. The monoisotopic (exact) mass is 375 g/mol. The largest absolute Gasteiger partial charge is 0.493 e. The molecule has 6 nitrogen and oxygen atoms in total. The van der Waals surface area contributed by atoms with E-state index in [0.29, 0.717) is 23.7 Å². The Bertz CT molecular complexity index is 833. The first kappa shape index (κ1) is 19.3. The second kappa shape index (κ2) is 8.92. The lowest BCUT2D eigenvalue weighted by molar-refractivity contribution is -0.134. The highest BCUT2D eigenvalue weighted by atomic mass is 35.5. The number of benzene rings is 2. The van der Waals surface area contributed by atoms with Crippen LogP contribution in [0.5, 0.6) is 11.5 Å². The number of carboxylic acids is 1. The van der Waals surface area contributed by atoms with Crippen molar-refractivity contribution in [3.63, 3.8) is 0 Å². The van der Waals surface area contributed by atoms with Gasteiger partial charge in [-0.05, 0) is 29.3 Å². The predicted octanol–water partition coefficient (Wildman–Crippen LogP) is 3.49. The van der Waals surface area contributed by atoms with Crippen LogP contribution in [0.4, 0.5) is 0 Å². The summed E-state index contributed by atoms with van der Waals surface area (Å²) in [5, 5.41) is 11.7. The van der Waals surface area contributed by atoms with Crippen molar-refractivity contribution >= 4 is 29.6 Å². The molecule has 0 unspecified atom stereocenters. The molecule has 136 valence electrons. The first-order valence-corrected chi connectivity index (χ1v) is 8.05. The van der Waals surface area contributed by atoms with Crippen LogP contribution < -0.4 is 14.8 Å². The van der Waals surface area contributed by atoms with E-state index in [1.54, 1.807) is 6.07 Å². The normalized spacial score (nSPS) is 11.0. The molecule has 1 amide bonds. The van der Waals surface area contributed by atoms with Crippen LogP contribution in [0.1, 0.15) is 18.1 Å². The molecule has 0 saturated carbocycles. The number of amides is 1. The minimum Gasteiger partial charge on any atom is -0.493 e. The maximum absolute atomic E-state index is 11.2. The summed E-state index contributed by atoms with van der Waals surface area (Å²) in [6.07, 6.45) is 1.29. The molecule has 2 aromatic carbocycles. The van der Waals surface area contributed by atoms with E-state index in [2.05, 4.69) is 5.32 Å². The van der Waals surface area contributed by atoms with Crippen LogP contribution in [0.3, 0.4) is 0 Å². The van der Waals surface area contributed by atoms with Crippen molar-refractivity contribution in [2.75, 3.05) is 7.11 Å². The van der Waals surface area contributed by atoms with Gasteiger partial charge < -0.3 is 19.9 Å². The van der Waals surface area contributed by atoms with Gasteiger partial charge in [0.1, 0.15) is 12.3 Å². The Balaban J connectivity index is 2.30. The van der Waals surface area contributed by atoms with Gasteiger partial charge in [-0.1, -0.05) is 41.9 Å². The van der Waals surface area contributed by atoms with Gasteiger partial charge in [0.15, 0.2) is 11.5 Å². The fourth-order valence-electron chi connectivity index (χ4n) is 2.20. The third-order valence-electron chi connectivity index (χ3n) is 3.33. The van der Waals surface area contributed by atoms with Gasteiger partial charge in [-0.2, -0.15) is 0 Å². The second-order valence-corrected chi connectivity index (χ2v) is 5.76. The smallest absolute Gasteiger partial charge is 0.352 e. The Morgan fingerprint density at radius 3 is 2.50 bits per heavy atom. The van der Waals surface area contributed by atoms with Crippen molar-refractivity contribution in [2.45, 2.75) is 13.5 Å². The molecule has 0 fully saturated rings. The third kappa shape index (κ3) is 5.26. The summed E-state index contributed by atoms with van der Waals surface area (Å²) >= 11 is 6.28. The number of rotatable bonds is 7. The van der Waals surface area contributed by atoms with Crippen LogP contribution in [0.15, 0.2) is 48.2 Å². The molecular formula is C19H18ClNO5. The van der Waals surface area contributed by atoms with E-state index < -0.39 is 11.9 Å². The highest BCUT2D eigenvalue weighted by Crippen LogP contribution is 2.37. The second-order valence-electron chi connectivity index (χ2n) is 5.35. The lowest BCUT2D eigenvalue weighted by Crippen LogP contribution is -2.24. The van der Waals surface area contributed by atoms with Crippen LogP contribution in [0, 0.1) is 0 Å². The topological polar surface area (TPSA) is 84.9 Å². The zero-order valence-electron chi connectivity index (χ0n) is 14.3. The number of ether oxygens (including phenoxy) is 2. The quantitative estimate of drug-likeness (QED) is 0.723. The van der Waals surface area contributed by atoms with Gasteiger partial charge in [-0.25, -0.2) is 4.79 Å². The molecule has 26 heavy (non-hydrogen) atoms. The molecule has 0 saturated heterocycles. The summed E-state index contributed by atoms with van der Waals surface area (Å²) in [7, 11) is 1.46. The molecule has 0 aromatic heterocycles. The third-order valence-corrected chi connectivity index (χ3v) is 3.61. The molecule has 0 radical (unpaired) electrons. The Morgan fingerprint density at radius 1 is 1.23 bits per heavy atom. The molecule has 0 aliphatic rings. The Kier molecular flexibility index (Phi) is 6.63. The van der Waals surface area contributed by atoms with Gasteiger partial charge in [0, 0.05) is 6.92 Å². The van der Waals surface area contributed by atoms with Crippen molar-refractivity contribution in [1.29, 1.82) is 0 Å². The maximum Gasteiger partial charge on any atom is 0.352 e. The van der Waals surface area contributed by atoms with Gasteiger partial charge in [-0.3, -0.25) is 4.79 Å². The van der Waals surface area contributed by atoms with Crippen LogP contribution >= 0.6 is 11.6 Å². The minimum absolute atomic E-state index is 0.263. The first-order valence-electron chi connectivity index (χ1n) is 7.67. The number of carbonyl (C=O) groups excluding carboxylic acids is 1. The summed E-state index contributed by atoms with van der Waals surface area (Å²) < 4.78 is 11.1. The molecule has 0 aliphatic carbocycles. The van der Waals surface area contributed by atoms with E-state index in [0.717, 1.165) is 5.56 Å². The van der Waals surface area contributed by atoms with Gasteiger partial charge in [0.2, 0.25) is 5.91 Å². The number of hydrogen-bond donors (Lipinski definition) is 2. The summed E-state index contributed by atoms with van der Waals surface area (Å²) in [4.78, 5) is 22.4. The van der Waals surface area contributed by atoms with E-state index in [1.165, 1.54) is 26.2 Å². The van der Waals surface area contributed by atoms with Crippen molar-refractivity contribution in [3.05, 3.63) is 64.3 Å². The van der Waals surface area contributed by atoms with Crippen LogP contribution in [0.2, 0.25) is 5.02 Å². The molecular weight excluding hydrogens is 358 g/mol. The van der Waals surface area contributed by atoms with Gasteiger partial charge in [-0.15, -0.1) is 0 Å². The summed E-state index contributed by atoms with van der Waals surface area (Å²) in [6.45, 7) is 1.53. The molecule has 0 spiro atoms. The Labute approximate surface area is 156 Å². The summed E-state index contributed by atoms with van der Waals surface area (Å²) in [5.41, 5.74) is 1.15. The molecule has 2 N–H and O–H groups in total. The number of aliphatic carboxylic acids is 1. The minimum atomic E-state index is -1.26. The van der Waals surface area contributed by atoms with E-state index >= 15 is 0 Å². The molecule has 7 heteroatoms. The van der Waals surface area contributed by atoms with E-state index in [1.807, 2.05) is 30.3 Å². The Hall–Kier alpha value is -2.99. The highest BCUT2D eigenvalue weighted by molar-refractivity contribution is 6.32. The van der Waals surface area contributed by atoms with Crippen LogP contribution in [-0.2, 0) is 16.2 Å². The molecule has 2 rings (SSSR count). The van der Waals surface area contributed by atoms with Gasteiger partial charge in [0.05, 0.1) is 12.1 Å². The van der Waals surface area contributed by atoms with Crippen molar-refractivity contribution in [1.82, 2.24) is 5.32 Å². The van der Waals surface area contributed by atoms with Gasteiger partial charge >= 0.3 is 5.97 Å². The molecule has 0 atom stereocenters. The van der Waals surface area contributed by atoms with E-state index in [-0.39, 0.29) is 10.7 Å². The van der Waals surface area contributed by atoms with Crippen molar-refractivity contribution in [2.24, 2.45) is 0 Å². The molecule has 0 bridgehead atoms. The van der Waals surface area contributed by atoms with Crippen LogP contribution in [-0.4, -0.2) is 24.1 Å². The standard InChI is InChI=1S/C19H18ClNO5/c1-12(22)21-16(19(23)24)9-14-8-15(20)18(17(10-14)25-2)26-11-13-6-4-3-5-7-13/h3-10H,11H2,1-2H3,(H,21,22)(H,23,24)/b16-9+. The van der Waals surface area contributed by atoms with E-state index in [9.17, 15) is 14.7 Å². The SMILES string of the molecule is COc1cc(/C=C(/NC(C)=O)C(=O)O)cc(Cl)c1OCc1ccccc1. The predicted molar refractivity (Wildman–Crippen MR) is 98.2 cm³/mol. The number of hydrogen-bond acceptors (Lipinski definition) is 4. The number of carbonyl (C=O) groups is 2. The number of halogens is 1. The van der Waals surface area contributed by atoms with Crippen molar-refractivity contribution in [3.8, 4) is 11.5 Å².